The molecule has 4 N–H and O–H groups in total. The van der Waals surface area contributed by atoms with E-state index in [9.17, 15) is 23.6 Å². The summed E-state index contributed by atoms with van der Waals surface area (Å²) in [6.07, 6.45) is 1.22. The van der Waals surface area contributed by atoms with Gasteiger partial charge in [0.05, 0.1) is 13.1 Å². The quantitative estimate of drug-likeness (QED) is 0.582. The normalized spacial score (nSPS) is 22.1. The lowest BCUT2D eigenvalue weighted by Gasteiger charge is -2.41. The van der Waals surface area contributed by atoms with Crippen LogP contribution in [-0.2, 0) is 14.4 Å². The number of nitrogens with one attached hydrogen (secondary N) is 2. The van der Waals surface area contributed by atoms with E-state index in [-0.39, 0.29) is 43.6 Å². The minimum Gasteiger partial charge on any atom is -0.354 e. The maximum atomic E-state index is 13.6. The summed E-state index contributed by atoms with van der Waals surface area (Å²) in [6, 6.07) is 3.50. The SMILES string of the molecule is NCC(=O)N1CCN(C(=O)c2cccc(F)c2)[C@H](C(=O)N[C@@H]2CCCNC2=O)C1. The zero-order valence-corrected chi connectivity index (χ0v) is 15.9. The van der Waals surface area contributed by atoms with E-state index >= 15 is 0 Å². The fourth-order valence-electron chi connectivity index (χ4n) is 3.57. The lowest BCUT2D eigenvalue weighted by Crippen LogP contribution is -2.64. The third kappa shape index (κ3) is 4.70. The molecule has 0 aliphatic carbocycles. The molecular weight excluding hydrogens is 381 g/mol. The second-order valence-electron chi connectivity index (χ2n) is 7.06. The number of nitrogens with two attached hydrogens (primary N) is 1. The van der Waals surface area contributed by atoms with Crippen LogP contribution >= 0.6 is 0 Å². The Morgan fingerprint density at radius 2 is 2.07 bits per heavy atom. The van der Waals surface area contributed by atoms with Gasteiger partial charge in [-0.2, -0.15) is 0 Å². The van der Waals surface area contributed by atoms with Gasteiger partial charge in [0, 0.05) is 25.2 Å². The molecule has 10 heteroatoms. The van der Waals surface area contributed by atoms with E-state index in [2.05, 4.69) is 10.6 Å². The Balaban J connectivity index is 1.81. The van der Waals surface area contributed by atoms with E-state index in [1.165, 1.54) is 28.0 Å². The van der Waals surface area contributed by atoms with Gasteiger partial charge >= 0.3 is 0 Å². The molecule has 2 fully saturated rings. The predicted octanol–water partition coefficient (Wildman–Crippen LogP) is -1.17. The molecule has 2 aliphatic heterocycles. The second kappa shape index (κ2) is 8.99. The number of hydrogen-bond donors (Lipinski definition) is 3. The summed E-state index contributed by atoms with van der Waals surface area (Å²) in [5.74, 6) is -2.23. The van der Waals surface area contributed by atoms with Crippen LogP contribution in [0.1, 0.15) is 23.2 Å². The predicted molar refractivity (Wildman–Crippen MR) is 101 cm³/mol. The smallest absolute Gasteiger partial charge is 0.254 e. The molecule has 156 valence electrons. The maximum absolute atomic E-state index is 13.6. The van der Waals surface area contributed by atoms with Crippen molar-refractivity contribution in [1.29, 1.82) is 0 Å². The van der Waals surface area contributed by atoms with Crippen molar-refractivity contribution in [3.05, 3.63) is 35.6 Å². The molecule has 0 saturated carbocycles. The van der Waals surface area contributed by atoms with Crippen LogP contribution in [0.3, 0.4) is 0 Å². The van der Waals surface area contributed by atoms with Crippen LogP contribution in [0.25, 0.3) is 0 Å². The highest BCUT2D eigenvalue weighted by atomic mass is 19.1. The van der Waals surface area contributed by atoms with Crippen molar-refractivity contribution in [2.75, 3.05) is 32.7 Å². The number of piperazine rings is 1. The molecule has 29 heavy (non-hydrogen) atoms. The van der Waals surface area contributed by atoms with Crippen molar-refractivity contribution in [1.82, 2.24) is 20.4 Å². The molecule has 2 heterocycles. The molecule has 0 radical (unpaired) electrons. The van der Waals surface area contributed by atoms with Crippen LogP contribution in [-0.4, -0.2) is 78.2 Å². The van der Waals surface area contributed by atoms with Gasteiger partial charge in [-0.15, -0.1) is 0 Å². The van der Waals surface area contributed by atoms with Gasteiger partial charge in [-0.1, -0.05) is 6.07 Å². The summed E-state index contributed by atoms with van der Waals surface area (Å²) in [4.78, 5) is 52.6. The Kier molecular flexibility index (Phi) is 6.42. The highest BCUT2D eigenvalue weighted by Crippen LogP contribution is 2.16. The molecule has 1 aromatic rings. The van der Waals surface area contributed by atoms with Crippen LogP contribution in [0.2, 0.25) is 0 Å². The fourth-order valence-corrected chi connectivity index (χ4v) is 3.57. The first-order valence-electron chi connectivity index (χ1n) is 9.53. The van der Waals surface area contributed by atoms with Crippen LogP contribution < -0.4 is 16.4 Å². The molecule has 0 bridgehead atoms. The van der Waals surface area contributed by atoms with Crippen molar-refractivity contribution in [2.45, 2.75) is 24.9 Å². The van der Waals surface area contributed by atoms with Gasteiger partial charge in [0.25, 0.3) is 5.91 Å². The van der Waals surface area contributed by atoms with Crippen LogP contribution in [0, 0.1) is 5.82 Å². The zero-order chi connectivity index (χ0) is 21.0. The summed E-state index contributed by atoms with van der Waals surface area (Å²) in [5, 5.41) is 5.36. The van der Waals surface area contributed by atoms with Crippen LogP contribution in [0.5, 0.6) is 0 Å². The highest BCUT2D eigenvalue weighted by molar-refractivity contribution is 5.99. The second-order valence-corrected chi connectivity index (χ2v) is 7.06. The molecule has 0 aromatic heterocycles. The third-order valence-corrected chi connectivity index (χ3v) is 5.14. The molecule has 0 unspecified atom stereocenters. The molecule has 9 nitrogen and oxygen atoms in total. The minimum absolute atomic E-state index is 0.0444. The van der Waals surface area contributed by atoms with E-state index in [0.29, 0.717) is 13.0 Å². The van der Waals surface area contributed by atoms with E-state index in [1.807, 2.05) is 0 Å². The number of carbonyl (C=O) groups excluding carboxylic acids is 4. The molecule has 3 rings (SSSR count). The topological polar surface area (TPSA) is 125 Å². The molecule has 4 amide bonds. The van der Waals surface area contributed by atoms with Gasteiger partial charge in [0.2, 0.25) is 17.7 Å². The molecule has 2 atom stereocenters. The Labute approximate surface area is 167 Å². The summed E-state index contributed by atoms with van der Waals surface area (Å²) < 4.78 is 13.6. The number of carbonyl (C=O) groups is 4. The summed E-state index contributed by atoms with van der Waals surface area (Å²) in [6.45, 7) is 0.604. The van der Waals surface area contributed by atoms with Crippen molar-refractivity contribution < 1.29 is 23.6 Å². The van der Waals surface area contributed by atoms with Crippen molar-refractivity contribution in [2.24, 2.45) is 5.73 Å². The number of piperidine rings is 1. The monoisotopic (exact) mass is 405 g/mol. The zero-order valence-electron chi connectivity index (χ0n) is 15.9. The minimum atomic E-state index is -1.01. The first kappa shape index (κ1) is 20.7. The Bertz CT molecular complexity index is 818. The maximum Gasteiger partial charge on any atom is 0.254 e. The molecule has 0 spiro atoms. The van der Waals surface area contributed by atoms with Gasteiger partial charge in [-0.05, 0) is 31.0 Å². The fraction of sp³-hybridized carbons (Fsp3) is 0.474. The highest BCUT2D eigenvalue weighted by Gasteiger charge is 2.38. The number of hydrogen-bond acceptors (Lipinski definition) is 5. The van der Waals surface area contributed by atoms with Gasteiger partial charge in [-0.3, -0.25) is 19.2 Å². The lowest BCUT2D eigenvalue weighted by atomic mass is 10.0. The van der Waals surface area contributed by atoms with Crippen molar-refractivity contribution >= 4 is 23.6 Å². The van der Waals surface area contributed by atoms with Gasteiger partial charge in [-0.25, -0.2) is 4.39 Å². The van der Waals surface area contributed by atoms with Gasteiger partial charge in [0.1, 0.15) is 17.9 Å². The van der Waals surface area contributed by atoms with Gasteiger partial charge in [0.15, 0.2) is 0 Å². The first-order chi connectivity index (χ1) is 13.9. The van der Waals surface area contributed by atoms with Crippen LogP contribution in [0.15, 0.2) is 24.3 Å². The van der Waals surface area contributed by atoms with Crippen molar-refractivity contribution in [3.8, 4) is 0 Å². The van der Waals surface area contributed by atoms with Gasteiger partial charge < -0.3 is 26.2 Å². The largest absolute Gasteiger partial charge is 0.354 e. The van der Waals surface area contributed by atoms with E-state index in [4.69, 9.17) is 5.73 Å². The molecule has 2 aliphatic rings. The lowest BCUT2D eigenvalue weighted by molar-refractivity contribution is -0.138. The first-order valence-corrected chi connectivity index (χ1v) is 9.53. The standard InChI is InChI=1S/C19H24FN5O4/c20-13-4-1-3-12(9-13)19(29)25-8-7-24(16(26)10-21)11-15(25)18(28)23-14-5-2-6-22-17(14)27/h1,3-4,9,14-15H,2,5-8,10-11,21H2,(H,22,27)(H,23,28)/t14-,15+/m1/s1. The Morgan fingerprint density at radius 3 is 2.76 bits per heavy atom. The summed E-state index contributed by atoms with van der Waals surface area (Å²) in [5.41, 5.74) is 5.54. The number of amides is 4. The summed E-state index contributed by atoms with van der Waals surface area (Å²) >= 11 is 0. The number of halogens is 1. The Hall–Kier alpha value is -3.01. The number of nitrogens with zero attached hydrogens (tertiary/aromatic N) is 2. The number of rotatable bonds is 4. The number of benzene rings is 1. The Morgan fingerprint density at radius 1 is 1.28 bits per heavy atom. The van der Waals surface area contributed by atoms with E-state index < -0.39 is 29.7 Å². The van der Waals surface area contributed by atoms with E-state index in [1.54, 1.807) is 0 Å². The average Bonchev–Trinajstić information content (AvgIpc) is 2.73. The van der Waals surface area contributed by atoms with Crippen molar-refractivity contribution in [3.63, 3.8) is 0 Å². The third-order valence-electron chi connectivity index (χ3n) is 5.14. The average molecular weight is 405 g/mol. The molecule has 1 aromatic carbocycles. The summed E-state index contributed by atoms with van der Waals surface area (Å²) in [7, 11) is 0. The molecule has 2 saturated heterocycles. The van der Waals surface area contributed by atoms with E-state index in [0.717, 1.165) is 12.5 Å². The molecular formula is C19H24FN5O4. The van der Waals surface area contributed by atoms with Crippen LogP contribution in [0.4, 0.5) is 4.39 Å².